The number of hydrogen-bond acceptors (Lipinski definition) is 1. The molecule has 0 N–H and O–H groups in total. The monoisotopic (exact) mass is 306 g/mol. The van der Waals surface area contributed by atoms with Gasteiger partial charge in [0.05, 0.1) is 10.0 Å². The van der Waals surface area contributed by atoms with Gasteiger partial charge in [0.25, 0.3) is 0 Å². The van der Waals surface area contributed by atoms with Gasteiger partial charge in [-0.3, -0.25) is 4.79 Å². The van der Waals surface area contributed by atoms with Crippen LogP contribution >= 0.6 is 15.9 Å². The standard InChI is InChI=1S/C15H12BrFO/c1-10-4-2-5-11(8-10)9-14(18)12-6-3-7-13(16)15(12)17/h2-8H,9H2,1H3. The van der Waals surface area contributed by atoms with E-state index in [0.717, 1.165) is 11.1 Å². The maximum atomic E-state index is 13.8. The zero-order valence-electron chi connectivity index (χ0n) is 9.91. The molecule has 2 rings (SSSR count). The zero-order chi connectivity index (χ0) is 13.1. The van der Waals surface area contributed by atoms with Gasteiger partial charge in [0.1, 0.15) is 5.82 Å². The van der Waals surface area contributed by atoms with E-state index in [-0.39, 0.29) is 17.8 Å². The van der Waals surface area contributed by atoms with E-state index in [1.807, 2.05) is 31.2 Å². The van der Waals surface area contributed by atoms with Crippen LogP contribution in [0.2, 0.25) is 0 Å². The van der Waals surface area contributed by atoms with Crippen LogP contribution in [-0.2, 0) is 6.42 Å². The highest BCUT2D eigenvalue weighted by molar-refractivity contribution is 9.10. The second kappa shape index (κ2) is 5.44. The lowest BCUT2D eigenvalue weighted by molar-refractivity contribution is 0.0989. The van der Waals surface area contributed by atoms with Gasteiger partial charge in [0.15, 0.2) is 5.78 Å². The Morgan fingerprint density at radius 2 is 1.94 bits per heavy atom. The lowest BCUT2D eigenvalue weighted by Gasteiger charge is -2.05. The number of halogens is 2. The second-order valence-corrected chi connectivity index (χ2v) is 5.04. The molecule has 3 heteroatoms. The Morgan fingerprint density at radius 3 is 2.67 bits per heavy atom. The maximum Gasteiger partial charge on any atom is 0.170 e. The van der Waals surface area contributed by atoms with E-state index >= 15 is 0 Å². The van der Waals surface area contributed by atoms with Gasteiger partial charge in [0, 0.05) is 6.42 Å². The lowest BCUT2D eigenvalue weighted by Crippen LogP contribution is -2.06. The van der Waals surface area contributed by atoms with Crippen molar-refractivity contribution in [2.75, 3.05) is 0 Å². The van der Waals surface area contributed by atoms with Crippen molar-refractivity contribution in [1.29, 1.82) is 0 Å². The van der Waals surface area contributed by atoms with Gasteiger partial charge in [-0.15, -0.1) is 0 Å². The molecule has 0 amide bonds. The first-order valence-corrected chi connectivity index (χ1v) is 6.40. The van der Waals surface area contributed by atoms with Crippen molar-refractivity contribution >= 4 is 21.7 Å². The van der Waals surface area contributed by atoms with Gasteiger partial charge in [-0.2, -0.15) is 0 Å². The smallest absolute Gasteiger partial charge is 0.170 e. The van der Waals surface area contributed by atoms with E-state index < -0.39 is 5.82 Å². The molecule has 0 saturated heterocycles. The van der Waals surface area contributed by atoms with Crippen molar-refractivity contribution in [2.45, 2.75) is 13.3 Å². The number of rotatable bonds is 3. The second-order valence-electron chi connectivity index (χ2n) is 4.19. The topological polar surface area (TPSA) is 17.1 Å². The highest BCUT2D eigenvalue weighted by Gasteiger charge is 2.14. The first-order chi connectivity index (χ1) is 8.58. The third kappa shape index (κ3) is 2.85. The first kappa shape index (κ1) is 13.0. The minimum absolute atomic E-state index is 0.130. The summed E-state index contributed by atoms with van der Waals surface area (Å²) in [6.07, 6.45) is 0.217. The molecule has 0 spiro atoms. The van der Waals surface area contributed by atoms with Crippen LogP contribution in [0.15, 0.2) is 46.9 Å². The number of benzene rings is 2. The summed E-state index contributed by atoms with van der Waals surface area (Å²) >= 11 is 3.08. The minimum Gasteiger partial charge on any atom is -0.294 e. The minimum atomic E-state index is -0.491. The van der Waals surface area contributed by atoms with E-state index in [1.54, 1.807) is 12.1 Å². The third-order valence-corrected chi connectivity index (χ3v) is 3.31. The van der Waals surface area contributed by atoms with Gasteiger partial charge < -0.3 is 0 Å². The molecule has 0 aliphatic carbocycles. The Kier molecular flexibility index (Phi) is 3.92. The van der Waals surface area contributed by atoms with Gasteiger partial charge >= 0.3 is 0 Å². The Bertz CT molecular complexity index is 593. The molecule has 0 fully saturated rings. The fourth-order valence-corrected chi connectivity index (χ4v) is 2.19. The summed E-state index contributed by atoms with van der Waals surface area (Å²) in [6.45, 7) is 1.97. The molecular weight excluding hydrogens is 295 g/mol. The Labute approximate surface area is 114 Å². The Balaban J connectivity index is 2.25. The van der Waals surface area contributed by atoms with E-state index in [4.69, 9.17) is 0 Å². The van der Waals surface area contributed by atoms with Crippen LogP contribution in [-0.4, -0.2) is 5.78 Å². The lowest BCUT2D eigenvalue weighted by atomic mass is 10.0. The molecule has 0 heterocycles. The number of hydrogen-bond donors (Lipinski definition) is 0. The molecule has 0 unspecified atom stereocenters. The molecule has 0 bridgehead atoms. The predicted molar refractivity (Wildman–Crippen MR) is 73.3 cm³/mol. The van der Waals surface area contributed by atoms with E-state index in [2.05, 4.69) is 15.9 Å². The van der Waals surface area contributed by atoms with Crippen molar-refractivity contribution in [3.63, 3.8) is 0 Å². The maximum absolute atomic E-state index is 13.8. The number of aryl methyl sites for hydroxylation is 1. The van der Waals surface area contributed by atoms with Crippen LogP contribution in [0.3, 0.4) is 0 Å². The normalized spacial score (nSPS) is 10.4. The van der Waals surface area contributed by atoms with Crippen LogP contribution in [0.1, 0.15) is 21.5 Å². The number of carbonyl (C=O) groups excluding carboxylic acids is 1. The fourth-order valence-electron chi connectivity index (χ4n) is 1.82. The summed E-state index contributed by atoms with van der Waals surface area (Å²) < 4.78 is 14.1. The molecule has 0 atom stereocenters. The molecule has 18 heavy (non-hydrogen) atoms. The highest BCUT2D eigenvalue weighted by atomic mass is 79.9. The number of Topliss-reactive ketones (excluding diaryl/α,β-unsaturated/α-hetero) is 1. The molecule has 2 aromatic rings. The van der Waals surface area contributed by atoms with E-state index in [1.165, 1.54) is 6.07 Å². The Hall–Kier alpha value is -1.48. The predicted octanol–water partition coefficient (Wildman–Crippen LogP) is 4.32. The van der Waals surface area contributed by atoms with Gasteiger partial charge in [-0.1, -0.05) is 35.9 Å². The average molecular weight is 307 g/mol. The third-order valence-electron chi connectivity index (χ3n) is 2.70. The molecular formula is C15H12BrFO. The van der Waals surface area contributed by atoms with Crippen LogP contribution in [0, 0.1) is 12.7 Å². The quantitative estimate of drug-likeness (QED) is 0.772. The molecule has 0 aliphatic heterocycles. The van der Waals surface area contributed by atoms with Gasteiger partial charge in [-0.25, -0.2) is 4.39 Å². The van der Waals surface area contributed by atoms with Crippen molar-refractivity contribution in [3.05, 3.63) is 69.4 Å². The fraction of sp³-hybridized carbons (Fsp3) is 0.133. The van der Waals surface area contributed by atoms with Crippen LogP contribution in [0.25, 0.3) is 0 Å². The largest absolute Gasteiger partial charge is 0.294 e. The first-order valence-electron chi connectivity index (χ1n) is 5.60. The summed E-state index contributed by atoms with van der Waals surface area (Å²) in [4.78, 5) is 12.0. The van der Waals surface area contributed by atoms with Crippen molar-refractivity contribution in [3.8, 4) is 0 Å². The number of ketones is 1. The summed E-state index contributed by atoms with van der Waals surface area (Å²) in [6, 6.07) is 12.4. The van der Waals surface area contributed by atoms with E-state index in [9.17, 15) is 9.18 Å². The average Bonchev–Trinajstić information content (AvgIpc) is 2.32. The summed E-state index contributed by atoms with van der Waals surface area (Å²) in [7, 11) is 0. The zero-order valence-corrected chi connectivity index (χ0v) is 11.5. The van der Waals surface area contributed by atoms with Crippen LogP contribution < -0.4 is 0 Å². The summed E-state index contributed by atoms with van der Waals surface area (Å²) in [5.41, 5.74) is 2.13. The summed E-state index contributed by atoms with van der Waals surface area (Å²) in [5.74, 6) is -0.699. The molecule has 0 aliphatic rings. The summed E-state index contributed by atoms with van der Waals surface area (Å²) in [5, 5.41) is 0. The van der Waals surface area contributed by atoms with Gasteiger partial charge in [-0.05, 0) is 40.5 Å². The van der Waals surface area contributed by atoms with Crippen molar-refractivity contribution < 1.29 is 9.18 Å². The molecule has 2 aromatic carbocycles. The van der Waals surface area contributed by atoms with Gasteiger partial charge in [0.2, 0.25) is 0 Å². The highest BCUT2D eigenvalue weighted by Crippen LogP contribution is 2.20. The molecule has 0 saturated carbocycles. The SMILES string of the molecule is Cc1cccc(CC(=O)c2cccc(Br)c2F)c1. The van der Waals surface area contributed by atoms with Crippen molar-refractivity contribution in [2.24, 2.45) is 0 Å². The van der Waals surface area contributed by atoms with Crippen LogP contribution in [0.4, 0.5) is 4.39 Å². The molecule has 0 radical (unpaired) electrons. The molecule has 1 nitrogen and oxygen atoms in total. The molecule has 92 valence electrons. The van der Waals surface area contributed by atoms with E-state index in [0.29, 0.717) is 4.47 Å². The van der Waals surface area contributed by atoms with Crippen LogP contribution in [0.5, 0.6) is 0 Å². The van der Waals surface area contributed by atoms with Crippen molar-refractivity contribution in [1.82, 2.24) is 0 Å². The number of carbonyl (C=O) groups is 1. The Morgan fingerprint density at radius 1 is 1.22 bits per heavy atom. The molecule has 0 aromatic heterocycles.